The molecule has 3 rings (SSSR count). The van der Waals surface area contributed by atoms with E-state index in [9.17, 15) is 0 Å². The van der Waals surface area contributed by atoms with Crippen molar-refractivity contribution >= 4 is 0 Å². The summed E-state index contributed by atoms with van der Waals surface area (Å²) in [6, 6.07) is 15.6. The number of pyridine rings is 1. The normalized spacial score (nSPS) is 18.4. The molecule has 1 N–H and O–H groups in total. The van der Waals surface area contributed by atoms with Crippen LogP contribution in [0.4, 0.5) is 0 Å². The van der Waals surface area contributed by atoms with Gasteiger partial charge in [0.15, 0.2) is 0 Å². The van der Waals surface area contributed by atoms with E-state index in [1.54, 1.807) is 5.56 Å². The molecule has 2 unspecified atom stereocenters. The van der Waals surface area contributed by atoms with Gasteiger partial charge < -0.3 is 5.32 Å². The van der Waals surface area contributed by atoms with Crippen molar-refractivity contribution in [3.05, 3.63) is 65.5 Å². The van der Waals surface area contributed by atoms with Crippen LogP contribution in [0.25, 0.3) is 0 Å². The molecule has 21 heavy (non-hydrogen) atoms. The average Bonchev–Trinajstić information content (AvgIpc) is 2.96. The summed E-state index contributed by atoms with van der Waals surface area (Å²) in [6.45, 7) is 3.31. The Balaban J connectivity index is 1.80. The summed E-state index contributed by atoms with van der Waals surface area (Å²) in [5, 5.41) is 3.76. The molecule has 0 saturated carbocycles. The number of nitrogens with one attached hydrogen (secondary N) is 1. The summed E-state index contributed by atoms with van der Waals surface area (Å²) in [7, 11) is 0. The molecule has 1 aliphatic carbocycles. The van der Waals surface area contributed by atoms with Gasteiger partial charge in [-0.15, -0.1) is 0 Å². The number of hydrogen-bond donors (Lipinski definition) is 1. The number of rotatable bonds is 6. The molecule has 110 valence electrons. The van der Waals surface area contributed by atoms with Crippen LogP contribution in [0.2, 0.25) is 0 Å². The van der Waals surface area contributed by atoms with Crippen molar-refractivity contribution in [2.45, 2.75) is 44.6 Å². The molecule has 0 radical (unpaired) electrons. The number of aryl methyl sites for hydroxylation is 1. The maximum absolute atomic E-state index is 4.51. The molecule has 2 atom stereocenters. The molecule has 2 nitrogen and oxygen atoms in total. The van der Waals surface area contributed by atoms with E-state index in [1.165, 1.54) is 30.5 Å². The van der Waals surface area contributed by atoms with Crippen molar-refractivity contribution in [2.75, 3.05) is 6.54 Å². The first-order valence-corrected chi connectivity index (χ1v) is 8.09. The number of aromatic nitrogens is 1. The van der Waals surface area contributed by atoms with E-state index in [0.29, 0.717) is 12.0 Å². The fraction of sp³-hybridized carbons (Fsp3) is 0.421. The lowest BCUT2D eigenvalue weighted by Gasteiger charge is -2.25. The lowest BCUT2D eigenvalue weighted by atomic mass is 9.90. The third-order valence-electron chi connectivity index (χ3n) is 4.48. The second-order valence-corrected chi connectivity index (χ2v) is 5.93. The summed E-state index contributed by atoms with van der Waals surface area (Å²) in [5.41, 5.74) is 4.27. The van der Waals surface area contributed by atoms with Gasteiger partial charge in [0.1, 0.15) is 0 Å². The van der Waals surface area contributed by atoms with E-state index < -0.39 is 0 Å². The van der Waals surface area contributed by atoms with E-state index in [1.807, 2.05) is 12.3 Å². The average molecular weight is 280 g/mol. The summed E-state index contributed by atoms with van der Waals surface area (Å²) < 4.78 is 0. The number of hydrogen-bond acceptors (Lipinski definition) is 2. The van der Waals surface area contributed by atoms with Crippen molar-refractivity contribution in [1.82, 2.24) is 10.3 Å². The Bertz CT molecular complexity index is 565. The number of nitrogens with zero attached hydrogens (tertiary/aromatic N) is 1. The van der Waals surface area contributed by atoms with Crippen LogP contribution in [0.1, 0.15) is 42.5 Å². The first-order valence-electron chi connectivity index (χ1n) is 8.09. The molecule has 0 saturated heterocycles. The van der Waals surface area contributed by atoms with Gasteiger partial charge in [-0.05, 0) is 49.1 Å². The van der Waals surface area contributed by atoms with E-state index >= 15 is 0 Å². The molecule has 2 heteroatoms. The van der Waals surface area contributed by atoms with E-state index in [-0.39, 0.29) is 0 Å². The highest BCUT2D eigenvalue weighted by atomic mass is 14.9. The lowest BCUT2D eigenvalue weighted by Crippen LogP contribution is -2.36. The molecule has 2 aromatic rings. The monoisotopic (exact) mass is 280 g/mol. The minimum atomic E-state index is 0.489. The Hall–Kier alpha value is -1.67. The molecule has 0 spiro atoms. The van der Waals surface area contributed by atoms with Crippen LogP contribution in [-0.2, 0) is 12.8 Å². The number of benzene rings is 1. The molecule has 0 aliphatic heterocycles. The van der Waals surface area contributed by atoms with Gasteiger partial charge in [0, 0.05) is 30.3 Å². The largest absolute Gasteiger partial charge is 0.313 e. The van der Waals surface area contributed by atoms with Gasteiger partial charge in [-0.1, -0.05) is 37.3 Å². The summed E-state index contributed by atoms with van der Waals surface area (Å²) in [4.78, 5) is 4.51. The third-order valence-corrected chi connectivity index (χ3v) is 4.48. The fourth-order valence-electron chi connectivity index (χ4n) is 3.44. The molecule has 0 fully saturated rings. The van der Waals surface area contributed by atoms with E-state index in [0.717, 1.165) is 13.0 Å². The van der Waals surface area contributed by atoms with Crippen molar-refractivity contribution in [3.8, 4) is 0 Å². The number of fused-ring (bicyclic) bond motifs is 1. The summed E-state index contributed by atoms with van der Waals surface area (Å²) in [6.07, 6.45) is 6.56. The first kappa shape index (κ1) is 14.3. The van der Waals surface area contributed by atoms with E-state index in [4.69, 9.17) is 0 Å². The second kappa shape index (κ2) is 6.86. The van der Waals surface area contributed by atoms with Gasteiger partial charge in [-0.3, -0.25) is 4.98 Å². The van der Waals surface area contributed by atoms with Gasteiger partial charge in [0.2, 0.25) is 0 Å². The lowest BCUT2D eigenvalue weighted by molar-refractivity contribution is 0.423. The second-order valence-electron chi connectivity index (χ2n) is 5.93. The molecule has 1 heterocycles. The van der Waals surface area contributed by atoms with Crippen LogP contribution in [-0.4, -0.2) is 17.6 Å². The maximum Gasteiger partial charge on any atom is 0.0419 e. The zero-order chi connectivity index (χ0) is 14.5. The van der Waals surface area contributed by atoms with Gasteiger partial charge >= 0.3 is 0 Å². The Morgan fingerprint density at radius 2 is 2.05 bits per heavy atom. The predicted molar refractivity (Wildman–Crippen MR) is 87.5 cm³/mol. The van der Waals surface area contributed by atoms with Crippen LogP contribution >= 0.6 is 0 Å². The van der Waals surface area contributed by atoms with Gasteiger partial charge in [0.25, 0.3) is 0 Å². The smallest absolute Gasteiger partial charge is 0.0419 e. The van der Waals surface area contributed by atoms with Crippen molar-refractivity contribution in [1.29, 1.82) is 0 Å². The van der Waals surface area contributed by atoms with Crippen LogP contribution < -0.4 is 5.32 Å². The SMILES string of the molecule is CCCNC(Cc1ccccn1)C1CCc2ccccc21. The molecule has 1 aromatic carbocycles. The highest BCUT2D eigenvalue weighted by Gasteiger charge is 2.29. The Morgan fingerprint density at radius 3 is 2.86 bits per heavy atom. The Morgan fingerprint density at radius 1 is 1.19 bits per heavy atom. The van der Waals surface area contributed by atoms with Gasteiger partial charge in [0.05, 0.1) is 0 Å². The van der Waals surface area contributed by atoms with Crippen molar-refractivity contribution in [2.24, 2.45) is 0 Å². The third kappa shape index (κ3) is 3.33. The minimum absolute atomic E-state index is 0.489. The van der Waals surface area contributed by atoms with Gasteiger partial charge in [-0.25, -0.2) is 0 Å². The topological polar surface area (TPSA) is 24.9 Å². The highest BCUT2D eigenvalue weighted by Crippen LogP contribution is 2.36. The van der Waals surface area contributed by atoms with Crippen LogP contribution in [0.15, 0.2) is 48.7 Å². The maximum atomic E-state index is 4.51. The Kier molecular flexibility index (Phi) is 4.66. The fourth-order valence-corrected chi connectivity index (χ4v) is 3.44. The zero-order valence-electron chi connectivity index (χ0n) is 12.8. The van der Waals surface area contributed by atoms with Gasteiger partial charge in [-0.2, -0.15) is 0 Å². The van der Waals surface area contributed by atoms with Crippen molar-refractivity contribution < 1.29 is 0 Å². The molecule has 0 amide bonds. The molecular weight excluding hydrogens is 256 g/mol. The molecule has 1 aromatic heterocycles. The molecule has 1 aliphatic rings. The Labute approximate surface area is 127 Å². The standard InChI is InChI=1S/C19H24N2/c1-2-12-21-19(14-16-8-5-6-13-20-16)18-11-10-15-7-3-4-9-17(15)18/h3-9,13,18-19,21H,2,10-12,14H2,1H3. The van der Waals surface area contributed by atoms with Crippen LogP contribution in [0.5, 0.6) is 0 Å². The minimum Gasteiger partial charge on any atom is -0.313 e. The molecular formula is C19H24N2. The van der Waals surface area contributed by atoms with E-state index in [2.05, 4.69) is 53.6 Å². The highest BCUT2D eigenvalue weighted by molar-refractivity contribution is 5.36. The molecule has 0 bridgehead atoms. The van der Waals surface area contributed by atoms with Crippen molar-refractivity contribution in [3.63, 3.8) is 0 Å². The van der Waals surface area contributed by atoms with Crippen LogP contribution in [0, 0.1) is 0 Å². The predicted octanol–water partition coefficient (Wildman–Crippen LogP) is 3.72. The zero-order valence-corrected chi connectivity index (χ0v) is 12.8. The summed E-state index contributed by atoms with van der Waals surface area (Å²) in [5.74, 6) is 0.620. The van der Waals surface area contributed by atoms with Crippen LogP contribution in [0.3, 0.4) is 0 Å². The summed E-state index contributed by atoms with van der Waals surface area (Å²) >= 11 is 0. The first-order chi connectivity index (χ1) is 10.4. The quantitative estimate of drug-likeness (QED) is 0.872.